The molecule has 0 radical (unpaired) electrons. The molecule has 1 N–H and O–H groups in total. The van der Waals surface area contributed by atoms with Gasteiger partial charge in [-0.05, 0) is 49.6 Å². The number of furan rings is 1. The fourth-order valence-electron chi connectivity index (χ4n) is 3.33. The number of carbonyl (C=O) groups excluding carboxylic acids is 2. The van der Waals surface area contributed by atoms with Crippen molar-refractivity contribution in [1.29, 1.82) is 0 Å². The number of piperidine rings is 1. The number of rotatable bonds is 4. The number of nitrogens with zero attached hydrogens (tertiary/aromatic N) is 1. The zero-order valence-corrected chi connectivity index (χ0v) is 15.3. The lowest BCUT2D eigenvalue weighted by atomic mass is 9.96. The van der Waals surface area contributed by atoms with Gasteiger partial charge in [-0.15, -0.1) is 0 Å². The van der Waals surface area contributed by atoms with Crippen LogP contribution in [0.2, 0.25) is 0 Å². The van der Waals surface area contributed by atoms with E-state index in [0.717, 1.165) is 12.1 Å². The molecule has 2 heterocycles. The lowest BCUT2D eigenvalue weighted by Gasteiger charge is -2.32. The number of amides is 2. The Bertz CT molecular complexity index is 833. The SMILES string of the molecule is C[C@H](NC(=O)[C@@H]1CCCN(C(=O)c2ccco2)C1)c1cccc(C(F)(F)F)c1. The van der Waals surface area contributed by atoms with Gasteiger partial charge in [0.25, 0.3) is 5.91 Å². The third-order valence-corrected chi connectivity index (χ3v) is 4.88. The van der Waals surface area contributed by atoms with Crippen molar-refractivity contribution in [3.63, 3.8) is 0 Å². The van der Waals surface area contributed by atoms with Gasteiger partial charge in [0.15, 0.2) is 5.76 Å². The summed E-state index contributed by atoms with van der Waals surface area (Å²) >= 11 is 0. The van der Waals surface area contributed by atoms with E-state index in [0.29, 0.717) is 24.9 Å². The van der Waals surface area contributed by atoms with Gasteiger partial charge in [0.05, 0.1) is 23.8 Å². The molecule has 1 aromatic heterocycles. The van der Waals surface area contributed by atoms with Gasteiger partial charge in [0.2, 0.25) is 5.91 Å². The Morgan fingerprint density at radius 3 is 2.71 bits per heavy atom. The summed E-state index contributed by atoms with van der Waals surface area (Å²) in [4.78, 5) is 26.6. The summed E-state index contributed by atoms with van der Waals surface area (Å²) in [6.07, 6.45) is -1.74. The van der Waals surface area contributed by atoms with E-state index in [1.165, 1.54) is 12.3 Å². The minimum Gasteiger partial charge on any atom is -0.459 e. The van der Waals surface area contributed by atoms with E-state index in [1.54, 1.807) is 30.0 Å². The van der Waals surface area contributed by atoms with Gasteiger partial charge in [0.1, 0.15) is 0 Å². The molecule has 1 saturated heterocycles. The second-order valence-corrected chi connectivity index (χ2v) is 6.92. The monoisotopic (exact) mass is 394 g/mol. The molecule has 1 aliphatic rings. The van der Waals surface area contributed by atoms with E-state index >= 15 is 0 Å². The molecule has 150 valence electrons. The van der Waals surface area contributed by atoms with E-state index < -0.39 is 23.7 Å². The molecule has 2 aromatic rings. The van der Waals surface area contributed by atoms with Crippen molar-refractivity contribution in [3.8, 4) is 0 Å². The molecule has 28 heavy (non-hydrogen) atoms. The van der Waals surface area contributed by atoms with Gasteiger partial charge in [-0.1, -0.05) is 12.1 Å². The number of hydrogen-bond donors (Lipinski definition) is 1. The van der Waals surface area contributed by atoms with E-state index in [2.05, 4.69) is 5.32 Å². The highest BCUT2D eigenvalue weighted by molar-refractivity contribution is 5.92. The Morgan fingerprint density at radius 1 is 1.25 bits per heavy atom. The third-order valence-electron chi connectivity index (χ3n) is 4.88. The van der Waals surface area contributed by atoms with Crippen LogP contribution in [0.25, 0.3) is 0 Å². The first-order valence-corrected chi connectivity index (χ1v) is 9.06. The zero-order valence-electron chi connectivity index (χ0n) is 15.3. The van der Waals surface area contributed by atoms with Crippen molar-refractivity contribution in [1.82, 2.24) is 10.2 Å². The highest BCUT2D eigenvalue weighted by atomic mass is 19.4. The van der Waals surface area contributed by atoms with E-state index in [1.807, 2.05) is 0 Å². The van der Waals surface area contributed by atoms with Crippen LogP contribution in [0.5, 0.6) is 0 Å². The van der Waals surface area contributed by atoms with Gasteiger partial charge in [-0.3, -0.25) is 9.59 Å². The molecule has 0 bridgehead atoms. The normalized spacial score (nSPS) is 18.6. The predicted molar refractivity (Wildman–Crippen MR) is 95.3 cm³/mol. The van der Waals surface area contributed by atoms with Gasteiger partial charge < -0.3 is 14.6 Å². The largest absolute Gasteiger partial charge is 0.459 e. The van der Waals surface area contributed by atoms with Crippen LogP contribution in [-0.2, 0) is 11.0 Å². The predicted octanol–water partition coefficient (Wildman–Crippen LogP) is 4.03. The molecular formula is C20H21F3N2O3. The number of benzene rings is 1. The molecule has 0 aliphatic carbocycles. The van der Waals surface area contributed by atoms with Crippen LogP contribution in [0, 0.1) is 5.92 Å². The van der Waals surface area contributed by atoms with Crippen molar-refractivity contribution in [2.75, 3.05) is 13.1 Å². The first kappa shape index (κ1) is 20.0. The average Bonchev–Trinajstić information content (AvgIpc) is 3.21. The fourth-order valence-corrected chi connectivity index (χ4v) is 3.33. The van der Waals surface area contributed by atoms with Crippen molar-refractivity contribution < 1.29 is 27.2 Å². The molecular weight excluding hydrogens is 373 g/mol. The minimum atomic E-state index is -4.43. The molecule has 2 atom stereocenters. The molecule has 0 spiro atoms. The Balaban J connectivity index is 1.63. The zero-order chi connectivity index (χ0) is 20.3. The van der Waals surface area contributed by atoms with Crippen molar-refractivity contribution in [3.05, 3.63) is 59.5 Å². The summed E-state index contributed by atoms with van der Waals surface area (Å²) in [7, 11) is 0. The number of likely N-dealkylation sites (tertiary alicyclic amines) is 1. The molecule has 0 unspecified atom stereocenters. The Labute approximate surface area is 160 Å². The van der Waals surface area contributed by atoms with Crippen LogP contribution in [0.15, 0.2) is 47.1 Å². The van der Waals surface area contributed by atoms with Crippen LogP contribution in [0.4, 0.5) is 13.2 Å². The van der Waals surface area contributed by atoms with Gasteiger partial charge >= 0.3 is 6.18 Å². The smallest absolute Gasteiger partial charge is 0.416 e. The van der Waals surface area contributed by atoms with E-state index in [9.17, 15) is 22.8 Å². The van der Waals surface area contributed by atoms with Crippen LogP contribution in [0.1, 0.15) is 47.5 Å². The van der Waals surface area contributed by atoms with E-state index in [4.69, 9.17) is 4.42 Å². The number of alkyl halides is 3. The lowest BCUT2D eigenvalue weighted by molar-refractivity contribution is -0.137. The van der Waals surface area contributed by atoms with Crippen molar-refractivity contribution >= 4 is 11.8 Å². The number of halogens is 3. The molecule has 8 heteroatoms. The Kier molecular flexibility index (Phi) is 5.76. The Hall–Kier alpha value is -2.77. The molecule has 2 amide bonds. The number of nitrogens with one attached hydrogen (secondary N) is 1. The third kappa shape index (κ3) is 4.55. The summed E-state index contributed by atoms with van der Waals surface area (Å²) in [6.45, 7) is 2.43. The molecule has 5 nitrogen and oxygen atoms in total. The van der Waals surface area contributed by atoms with Crippen molar-refractivity contribution in [2.45, 2.75) is 32.0 Å². The second-order valence-electron chi connectivity index (χ2n) is 6.92. The first-order valence-electron chi connectivity index (χ1n) is 9.06. The fraction of sp³-hybridized carbons (Fsp3) is 0.400. The van der Waals surface area contributed by atoms with Crippen LogP contribution in [-0.4, -0.2) is 29.8 Å². The molecule has 1 aliphatic heterocycles. The standard InChI is InChI=1S/C20H21F3N2O3/c1-13(14-5-2-7-16(11-14)20(21,22)23)24-18(26)15-6-3-9-25(12-15)19(27)17-8-4-10-28-17/h2,4-5,7-8,10-11,13,15H,3,6,9,12H2,1H3,(H,24,26)/t13-,15+/m0/s1. The summed E-state index contributed by atoms with van der Waals surface area (Å²) in [5.41, 5.74) is -0.374. The maximum atomic E-state index is 12.9. The molecule has 1 aromatic carbocycles. The number of hydrogen-bond acceptors (Lipinski definition) is 3. The van der Waals surface area contributed by atoms with Crippen LogP contribution < -0.4 is 5.32 Å². The first-order chi connectivity index (χ1) is 13.3. The van der Waals surface area contributed by atoms with E-state index in [-0.39, 0.29) is 24.1 Å². The highest BCUT2D eigenvalue weighted by Crippen LogP contribution is 2.31. The molecule has 0 saturated carbocycles. The van der Waals surface area contributed by atoms with Gasteiger partial charge in [-0.25, -0.2) is 0 Å². The topological polar surface area (TPSA) is 62.6 Å². The minimum absolute atomic E-state index is 0.221. The maximum absolute atomic E-state index is 12.9. The van der Waals surface area contributed by atoms with Crippen LogP contribution in [0.3, 0.4) is 0 Å². The average molecular weight is 394 g/mol. The molecule has 3 rings (SSSR count). The summed E-state index contributed by atoms with van der Waals surface area (Å²) < 4.78 is 43.8. The summed E-state index contributed by atoms with van der Waals surface area (Å²) in [6, 6.07) is 7.53. The second kappa shape index (κ2) is 8.08. The number of carbonyl (C=O) groups is 2. The summed E-state index contributed by atoms with van der Waals surface area (Å²) in [5, 5.41) is 2.77. The van der Waals surface area contributed by atoms with Crippen molar-refractivity contribution in [2.24, 2.45) is 5.92 Å². The molecule has 1 fully saturated rings. The maximum Gasteiger partial charge on any atom is 0.416 e. The highest BCUT2D eigenvalue weighted by Gasteiger charge is 2.32. The quantitative estimate of drug-likeness (QED) is 0.852. The van der Waals surface area contributed by atoms with Gasteiger partial charge in [0, 0.05) is 13.1 Å². The van der Waals surface area contributed by atoms with Gasteiger partial charge in [-0.2, -0.15) is 13.2 Å². The summed E-state index contributed by atoms with van der Waals surface area (Å²) in [5.74, 6) is -0.741. The van der Waals surface area contributed by atoms with Crippen LogP contribution >= 0.6 is 0 Å². The Morgan fingerprint density at radius 2 is 2.04 bits per heavy atom. The lowest BCUT2D eigenvalue weighted by Crippen LogP contribution is -2.45.